The van der Waals surface area contributed by atoms with Gasteiger partial charge >= 0.3 is 0 Å². The van der Waals surface area contributed by atoms with Gasteiger partial charge in [0.2, 0.25) is 0 Å². The topological polar surface area (TPSA) is 46.2 Å². The normalized spacial score (nSPS) is 43.6. The van der Waals surface area contributed by atoms with Crippen molar-refractivity contribution < 1.29 is 8.42 Å². The minimum Gasteiger partial charge on any atom is -0.312 e. The third kappa shape index (κ3) is 0.864. The van der Waals surface area contributed by atoms with Gasteiger partial charge in [-0.25, -0.2) is 8.42 Å². The molecule has 3 aliphatic heterocycles. The molecule has 0 amide bonds. The number of sulfone groups is 1. The Morgan fingerprint density at radius 2 is 2.10 bits per heavy atom. The van der Waals surface area contributed by atoms with Gasteiger partial charge in [0.15, 0.2) is 9.84 Å². The fourth-order valence-corrected chi connectivity index (χ4v) is 3.72. The quantitative estimate of drug-likeness (QED) is 0.522. The number of hydrogen-bond acceptors (Lipinski definition) is 3. The van der Waals surface area contributed by atoms with Gasteiger partial charge in [0, 0.05) is 12.6 Å². The highest BCUT2D eigenvalue weighted by atomic mass is 32.2. The molecule has 3 heterocycles. The van der Waals surface area contributed by atoms with Crippen molar-refractivity contribution in [2.45, 2.75) is 24.1 Å². The highest BCUT2D eigenvalue weighted by Crippen LogP contribution is 2.23. The van der Waals surface area contributed by atoms with E-state index in [1.165, 1.54) is 0 Å². The van der Waals surface area contributed by atoms with E-state index < -0.39 is 9.84 Å². The lowest BCUT2D eigenvalue weighted by Crippen LogP contribution is -2.55. The Kier molecular flexibility index (Phi) is 1.29. The van der Waals surface area contributed by atoms with E-state index in [1.54, 1.807) is 0 Å². The SMILES string of the molecule is O=S1(=O)CC2CCC1CN2. The van der Waals surface area contributed by atoms with Gasteiger partial charge in [0.1, 0.15) is 0 Å². The first-order chi connectivity index (χ1) is 4.68. The zero-order valence-electron chi connectivity index (χ0n) is 5.71. The summed E-state index contributed by atoms with van der Waals surface area (Å²) in [4.78, 5) is 0. The van der Waals surface area contributed by atoms with Crippen LogP contribution in [0.2, 0.25) is 0 Å². The second kappa shape index (κ2) is 1.95. The van der Waals surface area contributed by atoms with E-state index in [9.17, 15) is 8.42 Å². The predicted octanol–water partition coefficient (Wildman–Crippen LogP) is -0.465. The molecule has 1 N–H and O–H groups in total. The maximum Gasteiger partial charge on any atom is 0.155 e. The molecule has 3 fully saturated rings. The molecule has 3 saturated heterocycles. The van der Waals surface area contributed by atoms with Crippen LogP contribution in [-0.4, -0.2) is 32.0 Å². The first-order valence-electron chi connectivity index (χ1n) is 3.63. The lowest BCUT2D eigenvalue weighted by atomic mass is 10.1. The Morgan fingerprint density at radius 1 is 1.30 bits per heavy atom. The van der Waals surface area contributed by atoms with Gasteiger partial charge in [-0.15, -0.1) is 0 Å². The molecule has 0 spiro atoms. The lowest BCUT2D eigenvalue weighted by Gasteiger charge is -2.36. The largest absolute Gasteiger partial charge is 0.312 e. The minimum absolute atomic E-state index is 0.0718. The molecular weight excluding hydrogens is 150 g/mol. The molecule has 0 aromatic rings. The zero-order valence-corrected chi connectivity index (χ0v) is 6.52. The summed E-state index contributed by atoms with van der Waals surface area (Å²) in [5, 5.41) is 3.12. The summed E-state index contributed by atoms with van der Waals surface area (Å²) in [6, 6.07) is 0.259. The van der Waals surface area contributed by atoms with Gasteiger partial charge in [-0.1, -0.05) is 0 Å². The van der Waals surface area contributed by atoms with Crippen LogP contribution in [0.3, 0.4) is 0 Å². The van der Waals surface area contributed by atoms with Gasteiger partial charge < -0.3 is 5.32 Å². The molecule has 0 aromatic heterocycles. The first kappa shape index (κ1) is 6.61. The highest BCUT2D eigenvalue weighted by Gasteiger charge is 2.38. The van der Waals surface area contributed by atoms with E-state index in [2.05, 4.69) is 5.32 Å². The number of nitrogens with one attached hydrogen (secondary N) is 1. The van der Waals surface area contributed by atoms with Crippen molar-refractivity contribution in [3.8, 4) is 0 Å². The van der Waals surface area contributed by atoms with E-state index in [4.69, 9.17) is 0 Å². The summed E-state index contributed by atoms with van der Waals surface area (Å²) in [6.45, 7) is 0.688. The molecule has 0 radical (unpaired) electrons. The van der Waals surface area contributed by atoms with Crippen LogP contribution in [0.4, 0.5) is 0 Å². The van der Waals surface area contributed by atoms with Crippen molar-refractivity contribution in [2.75, 3.05) is 12.3 Å². The van der Waals surface area contributed by atoms with Crippen LogP contribution in [0.25, 0.3) is 0 Å². The Morgan fingerprint density at radius 3 is 2.30 bits per heavy atom. The van der Waals surface area contributed by atoms with Crippen LogP contribution in [0.15, 0.2) is 0 Å². The van der Waals surface area contributed by atoms with Crippen molar-refractivity contribution in [1.29, 1.82) is 0 Å². The summed E-state index contributed by atoms with van der Waals surface area (Å²) in [5.41, 5.74) is 0. The van der Waals surface area contributed by atoms with Gasteiger partial charge in [0.25, 0.3) is 0 Å². The lowest BCUT2D eigenvalue weighted by molar-refractivity contribution is 0.389. The molecule has 58 valence electrons. The third-order valence-electron chi connectivity index (χ3n) is 2.41. The van der Waals surface area contributed by atoms with Crippen LogP contribution in [0.5, 0.6) is 0 Å². The molecule has 2 bridgehead atoms. The Labute approximate surface area is 60.7 Å². The van der Waals surface area contributed by atoms with Gasteiger partial charge in [-0.3, -0.25) is 0 Å². The van der Waals surface area contributed by atoms with Crippen LogP contribution in [-0.2, 0) is 9.84 Å². The van der Waals surface area contributed by atoms with E-state index in [-0.39, 0.29) is 11.3 Å². The summed E-state index contributed by atoms with van der Waals surface area (Å²) >= 11 is 0. The Hall–Kier alpha value is -0.0900. The maximum absolute atomic E-state index is 11.2. The van der Waals surface area contributed by atoms with Crippen LogP contribution in [0.1, 0.15) is 12.8 Å². The van der Waals surface area contributed by atoms with Crippen molar-refractivity contribution in [3.63, 3.8) is 0 Å². The van der Waals surface area contributed by atoms with Crippen molar-refractivity contribution in [2.24, 2.45) is 0 Å². The summed E-state index contributed by atoms with van der Waals surface area (Å²) in [6.07, 6.45) is 1.92. The molecular formula is C6H11NO2S. The molecule has 4 heteroatoms. The molecule has 0 aromatic carbocycles. The molecule has 10 heavy (non-hydrogen) atoms. The minimum atomic E-state index is -2.69. The predicted molar refractivity (Wildman–Crippen MR) is 38.6 cm³/mol. The summed E-state index contributed by atoms with van der Waals surface area (Å²) < 4.78 is 22.4. The second-order valence-corrected chi connectivity index (χ2v) is 5.46. The molecule has 0 aliphatic carbocycles. The van der Waals surface area contributed by atoms with Gasteiger partial charge in [-0.05, 0) is 12.8 Å². The molecule has 3 aliphatic rings. The van der Waals surface area contributed by atoms with Crippen molar-refractivity contribution in [1.82, 2.24) is 5.32 Å². The Balaban J connectivity index is 2.31. The van der Waals surface area contributed by atoms with E-state index in [1.807, 2.05) is 0 Å². The number of hydrogen-bond donors (Lipinski definition) is 1. The highest BCUT2D eigenvalue weighted by molar-refractivity contribution is 7.92. The average molecular weight is 161 g/mol. The standard InChI is InChI=1S/C6H11NO2S/c8-10(9)4-5-1-2-6(10)3-7-5/h5-7H,1-4H2. The molecule has 3 rings (SSSR count). The molecule has 0 saturated carbocycles. The number of piperidine rings is 1. The van der Waals surface area contributed by atoms with Crippen LogP contribution < -0.4 is 5.32 Å². The summed E-state index contributed by atoms with van der Waals surface area (Å²) in [5.74, 6) is 0.373. The zero-order chi connectivity index (χ0) is 7.19. The summed E-state index contributed by atoms with van der Waals surface area (Å²) in [7, 11) is -2.69. The van der Waals surface area contributed by atoms with E-state index in [0.717, 1.165) is 12.8 Å². The second-order valence-electron chi connectivity index (χ2n) is 3.13. The van der Waals surface area contributed by atoms with E-state index >= 15 is 0 Å². The third-order valence-corrected chi connectivity index (χ3v) is 4.70. The fourth-order valence-electron chi connectivity index (χ4n) is 1.75. The fraction of sp³-hybridized carbons (Fsp3) is 1.00. The number of fused-ring (bicyclic) bond motifs is 3. The van der Waals surface area contributed by atoms with E-state index in [0.29, 0.717) is 12.3 Å². The first-order valence-corrected chi connectivity index (χ1v) is 5.35. The van der Waals surface area contributed by atoms with Crippen LogP contribution >= 0.6 is 0 Å². The molecule has 3 nitrogen and oxygen atoms in total. The maximum atomic E-state index is 11.2. The molecule has 2 atom stereocenters. The average Bonchev–Trinajstić information content (AvgIpc) is 1.87. The smallest absolute Gasteiger partial charge is 0.155 e. The Bertz CT molecular complexity index is 226. The van der Waals surface area contributed by atoms with Gasteiger partial charge in [0.05, 0.1) is 11.0 Å². The van der Waals surface area contributed by atoms with Gasteiger partial charge in [-0.2, -0.15) is 0 Å². The number of rotatable bonds is 0. The van der Waals surface area contributed by atoms with Crippen molar-refractivity contribution >= 4 is 9.84 Å². The monoisotopic (exact) mass is 161 g/mol. The molecule has 2 unspecified atom stereocenters. The van der Waals surface area contributed by atoms with Crippen molar-refractivity contribution in [3.05, 3.63) is 0 Å². The van der Waals surface area contributed by atoms with Crippen LogP contribution in [0, 0.1) is 0 Å².